The fourth-order valence-electron chi connectivity index (χ4n) is 2.27. The molecule has 5 nitrogen and oxygen atoms in total. The van der Waals surface area contributed by atoms with Gasteiger partial charge >= 0.3 is 0 Å². The van der Waals surface area contributed by atoms with Gasteiger partial charge in [0.25, 0.3) is 0 Å². The Morgan fingerprint density at radius 3 is 2.83 bits per heavy atom. The molecule has 0 aliphatic carbocycles. The largest absolute Gasteiger partial charge is 0.389 e. The van der Waals surface area contributed by atoms with Crippen LogP contribution in [-0.4, -0.2) is 29.0 Å². The lowest BCUT2D eigenvalue weighted by Gasteiger charge is -2.21. The molecule has 0 spiro atoms. The molecule has 1 saturated heterocycles. The number of aryl methyl sites for hydroxylation is 1. The van der Waals surface area contributed by atoms with Gasteiger partial charge in [0.15, 0.2) is 0 Å². The van der Waals surface area contributed by atoms with E-state index in [1.54, 1.807) is 6.20 Å². The smallest absolute Gasteiger partial charge is 0.222 e. The van der Waals surface area contributed by atoms with Crippen molar-refractivity contribution in [3.8, 4) is 0 Å². The summed E-state index contributed by atoms with van der Waals surface area (Å²) < 4.78 is 0. The van der Waals surface area contributed by atoms with Crippen molar-refractivity contribution in [1.29, 1.82) is 0 Å². The lowest BCUT2D eigenvalue weighted by atomic mass is 10.1. The van der Waals surface area contributed by atoms with Crippen molar-refractivity contribution < 1.29 is 4.79 Å². The Balaban J connectivity index is 2.32. The van der Waals surface area contributed by atoms with Gasteiger partial charge in [-0.15, -0.1) is 0 Å². The number of amides is 1. The number of rotatable bonds is 3. The number of carbonyl (C=O) groups is 1. The second kappa shape index (κ2) is 4.89. The molecule has 1 unspecified atom stereocenters. The highest BCUT2D eigenvalue weighted by molar-refractivity contribution is 7.80. The van der Waals surface area contributed by atoms with Gasteiger partial charge in [0.1, 0.15) is 10.8 Å². The number of aromatic nitrogens is 1. The summed E-state index contributed by atoms with van der Waals surface area (Å²) in [4.78, 5) is 17.9. The molecule has 0 radical (unpaired) electrons. The summed E-state index contributed by atoms with van der Waals surface area (Å²) in [5.74, 6) is 0.375. The van der Waals surface area contributed by atoms with Gasteiger partial charge in [-0.05, 0) is 25.0 Å². The first-order chi connectivity index (χ1) is 8.50. The van der Waals surface area contributed by atoms with Crippen LogP contribution < -0.4 is 16.4 Å². The Morgan fingerprint density at radius 1 is 1.56 bits per heavy atom. The number of pyridine rings is 1. The molecule has 1 fully saturated rings. The van der Waals surface area contributed by atoms with E-state index in [2.05, 4.69) is 4.98 Å². The number of primary amides is 1. The van der Waals surface area contributed by atoms with E-state index < -0.39 is 0 Å². The number of hydrogen-bond acceptors (Lipinski definition) is 4. The topological polar surface area (TPSA) is 85.2 Å². The minimum Gasteiger partial charge on any atom is -0.389 e. The number of nitrogens with zero attached hydrogens (tertiary/aromatic N) is 2. The first-order valence-electron chi connectivity index (χ1n) is 5.80. The van der Waals surface area contributed by atoms with E-state index in [4.69, 9.17) is 23.7 Å². The van der Waals surface area contributed by atoms with Crippen LogP contribution in [-0.2, 0) is 4.79 Å². The highest BCUT2D eigenvalue weighted by Gasteiger charge is 2.29. The normalized spacial score (nSPS) is 18.9. The van der Waals surface area contributed by atoms with Crippen molar-refractivity contribution in [1.82, 2.24) is 4.98 Å². The van der Waals surface area contributed by atoms with Crippen LogP contribution in [0.4, 0.5) is 5.82 Å². The number of anilines is 1. The number of thiocarbonyl (C=S) groups is 1. The standard InChI is InChI=1S/C12H16N4OS/c1-7-2-4-15-12(9(7)11(14)18)16-5-3-8(6-16)10(13)17/h2,4,8H,3,5-6H2,1H3,(H2,13,17)(H2,14,18). The molecule has 4 N–H and O–H groups in total. The van der Waals surface area contributed by atoms with Crippen molar-refractivity contribution in [2.45, 2.75) is 13.3 Å². The zero-order valence-electron chi connectivity index (χ0n) is 10.2. The minimum absolute atomic E-state index is 0.119. The molecule has 1 aromatic heterocycles. The van der Waals surface area contributed by atoms with E-state index in [1.165, 1.54) is 0 Å². The van der Waals surface area contributed by atoms with Crippen molar-refractivity contribution in [2.24, 2.45) is 17.4 Å². The molecule has 2 heterocycles. The van der Waals surface area contributed by atoms with Crippen LogP contribution in [0.15, 0.2) is 12.3 Å². The number of nitrogens with two attached hydrogens (primary N) is 2. The fraction of sp³-hybridized carbons (Fsp3) is 0.417. The Kier molecular flexibility index (Phi) is 3.47. The number of hydrogen-bond donors (Lipinski definition) is 2. The molecule has 2 rings (SSSR count). The predicted molar refractivity (Wildman–Crippen MR) is 74.4 cm³/mol. The van der Waals surface area contributed by atoms with Crippen LogP contribution in [0.3, 0.4) is 0 Å². The molecular formula is C12H16N4OS. The van der Waals surface area contributed by atoms with Crippen molar-refractivity contribution in [3.05, 3.63) is 23.4 Å². The molecule has 1 amide bonds. The third-order valence-electron chi connectivity index (χ3n) is 3.28. The minimum atomic E-state index is -0.262. The first-order valence-corrected chi connectivity index (χ1v) is 6.21. The van der Waals surface area contributed by atoms with Crippen molar-refractivity contribution in [3.63, 3.8) is 0 Å². The average molecular weight is 264 g/mol. The molecular weight excluding hydrogens is 248 g/mol. The van der Waals surface area contributed by atoms with Crippen molar-refractivity contribution >= 4 is 28.9 Å². The van der Waals surface area contributed by atoms with Gasteiger partial charge in [-0.1, -0.05) is 12.2 Å². The van der Waals surface area contributed by atoms with E-state index in [0.29, 0.717) is 11.5 Å². The maximum Gasteiger partial charge on any atom is 0.222 e. The van der Waals surface area contributed by atoms with E-state index in [9.17, 15) is 4.79 Å². The Bertz CT molecular complexity index is 503. The SMILES string of the molecule is Cc1ccnc(N2CCC(C(N)=O)C2)c1C(N)=S. The lowest BCUT2D eigenvalue weighted by Crippen LogP contribution is -2.29. The van der Waals surface area contributed by atoms with Crippen LogP contribution in [0.25, 0.3) is 0 Å². The summed E-state index contributed by atoms with van der Waals surface area (Å²) in [6.07, 6.45) is 2.48. The summed E-state index contributed by atoms with van der Waals surface area (Å²) in [6, 6.07) is 1.87. The molecule has 1 aromatic rings. The summed E-state index contributed by atoms with van der Waals surface area (Å²) in [7, 11) is 0. The monoisotopic (exact) mass is 264 g/mol. The maximum atomic E-state index is 11.2. The second-order valence-corrected chi connectivity index (χ2v) is 4.96. The zero-order chi connectivity index (χ0) is 13.3. The van der Waals surface area contributed by atoms with Gasteiger partial charge in [0, 0.05) is 19.3 Å². The third-order valence-corrected chi connectivity index (χ3v) is 3.48. The van der Waals surface area contributed by atoms with Crippen LogP contribution in [0.5, 0.6) is 0 Å². The third kappa shape index (κ3) is 2.28. The van der Waals surface area contributed by atoms with Crippen molar-refractivity contribution in [2.75, 3.05) is 18.0 Å². The second-order valence-electron chi connectivity index (χ2n) is 4.52. The molecule has 1 aliphatic heterocycles. The Labute approximate surface area is 111 Å². The van der Waals surface area contributed by atoms with Crippen LogP contribution in [0, 0.1) is 12.8 Å². The summed E-state index contributed by atoms with van der Waals surface area (Å²) in [6.45, 7) is 3.28. The lowest BCUT2D eigenvalue weighted by molar-refractivity contribution is -0.121. The highest BCUT2D eigenvalue weighted by atomic mass is 32.1. The Morgan fingerprint density at radius 2 is 2.28 bits per heavy atom. The predicted octanol–water partition coefficient (Wildman–Crippen LogP) is 0.336. The van der Waals surface area contributed by atoms with Gasteiger partial charge in [0.05, 0.1) is 11.5 Å². The summed E-state index contributed by atoms with van der Waals surface area (Å²) in [5.41, 5.74) is 12.9. The molecule has 0 bridgehead atoms. The molecule has 1 atom stereocenters. The number of carbonyl (C=O) groups excluding carboxylic acids is 1. The first kappa shape index (κ1) is 12.8. The molecule has 0 aromatic carbocycles. The highest BCUT2D eigenvalue weighted by Crippen LogP contribution is 2.26. The Hall–Kier alpha value is -1.69. The van der Waals surface area contributed by atoms with Crippen LogP contribution >= 0.6 is 12.2 Å². The van der Waals surface area contributed by atoms with Gasteiger partial charge in [-0.3, -0.25) is 4.79 Å². The van der Waals surface area contributed by atoms with E-state index >= 15 is 0 Å². The van der Waals surface area contributed by atoms with Crippen LogP contribution in [0.2, 0.25) is 0 Å². The van der Waals surface area contributed by atoms with E-state index in [0.717, 1.165) is 29.9 Å². The van der Waals surface area contributed by atoms with Gasteiger partial charge in [-0.2, -0.15) is 0 Å². The van der Waals surface area contributed by atoms with Gasteiger partial charge < -0.3 is 16.4 Å². The maximum absolute atomic E-state index is 11.2. The fourth-order valence-corrected chi connectivity index (χ4v) is 2.53. The molecule has 1 aliphatic rings. The van der Waals surface area contributed by atoms with E-state index in [-0.39, 0.29) is 11.8 Å². The summed E-state index contributed by atoms with van der Waals surface area (Å²) in [5, 5.41) is 0. The molecule has 18 heavy (non-hydrogen) atoms. The average Bonchev–Trinajstić information content (AvgIpc) is 2.77. The molecule has 96 valence electrons. The van der Waals surface area contributed by atoms with Gasteiger partial charge in [-0.25, -0.2) is 4.98 Å². The van der Waals surface area contributed by atoms with Gasteiger partial charge in [0.2, 0.25) is 5.91 Å². The zero-order valence-corrected chi connectivity index (χ0v) is 11.0. The molecule has 6 heteroatoms. The van der Waals surface area contributed by atoms with Crippen LogP contribution in [0.1, 0.15) is 17.5 Å². The quantitative estimate of drug-likeness (QED) is 0.769. The molecule has 0 saturated carbocycles. The summed E-state index contributed by atoms with van der Waals surface area (Å²) >= 11 is 5.07. The van der Waals surface area contributed by atoms with E-state index in [1.807, 2.05) is 17.9 Å².